The van der Waals surface area contributed by atoms with Gasteiger partial charge in [-0.25, -0.2) is 8.42 Å². The van der Waals surface area contributed by atoms with E-state index in [1.54, 1.807) is 0 Å². The Labute approximate surface area is 181 Å². The third-order valence-corrected chi connectivity index (χ3v) is 6.87. The van der Waals surface area contributed by atoms with Crippen molar-refractivity contribution in [1.82, 2.24) is 5.32 Å². The fourth-order valence-corrected chi connectivity index (χ4v) is 4.54. The summed E-state index contributed by atoms with van der Waals surface area (Å²) < 4.78 is 26.1. The van der Waals surface area contributed by atoms with Gasteiger partial charge < -0.3 is 5.32 Å². The maximum absolute atomic E-state index is 12.5. The normalized spacial score (nSPS) is 12.5. The van der Waals surface area contributed by atoms with Crippen LogP contribution in [0, 0.1) is 27.7 Å². The van der Waals surface area contributed by atoms with Crippen molar-refractivity contribution in [1.29, 1.82) is 0 Å². The number of nitrogens with zero attached hydrogens (tertiary/aromatic N) is 1. The Hall–Kier alpha value is -2.34. The molecule has 0 heterocycles. The molecule has 0 spiro atoms. The van der Waals surface area contributed by atoms with Crippen LogP contribution >= 0.6 is 0 Å². The lowest BCUT2D eigenvalue weighted by molar-refractivity contribution is -0.121. The Morgan fingerprint density at radius 2 is 1.73 bits per heavy atom. The van der Waals surface area contributed by atoms with Crippen LogP contribution in [0.15, 0.2) is 36.4 Å². The molecule has 0 radical (unpaired) electrons. The van der Waals surface area contributed by atoms with E-state index in [1.165, 1.54) is 21.7 Å². The van der Waals surface area contributed by atoms with E-state index in [0.717, 1.165) is 23.1 Å². The summed E-state index contributed by atoms with van der Waals surface area (Å²) in [5, 5.41) is 3.10. The summed E-state index contributed by atoms with van der Waals surface area (Å²) in [4.78, 5) is 12.5. The molecular weight excluding hydrogens is 396 g/mol. The minimum atomic E-state index is -3.43. The first kappa shape index (κ1) is 23.9. The number of nitrogens with one attached hydrogen (secondary N) is 1. The standard InChI is InChI=1S/C24H34N2O3S/c1-7-22(21-14-13-17(2)19(4)16-21)25-24(27)12-9-15-26(30(6,28)29)23-11-8-10-18(3)20(23)5/h8,10-11,13-14,16,22H,7,9,12,15H2,1-6H3,(H,25,27)/t22-/m0/s1. The molecule has 6 heteroatoms. The van der Waals surface area contributed by atoms with E-state index in [2.05, 4.69) is 37.4 Å². The van der Waals surface area contributed by atoms with Gasteiger partial charge in [0.25, 0.3) is 0 Å². The summed E-state index contributed by atoms with van der Waals surface area (Å²) in [6, 6.07) is 11.9. The number of carbonyl (C=O) groups is 1. The summed E-state index contributed by atoms with van der Waals surface area (Å²) in [6.45, 7) is 10.3. The molecule has 2 rings (SSSR count). The molecule has 30 heavy (non-hydrogen) atoms. The molecule has 1 N–H and O–H groups in total. The number of benzene rings is 2. The summed E-state index contributed by atoms with van der Waals surface area (Å²) in [6.07, 6.45) is 2.74. The lowest BCUT2D eigenvalue weighted by Crippen LogP contribution is -2.33. The smallest absolute Gasteiger partial charge is 0.232 e. The molecule has 164 valence electrons. The summed E-state index contributed by atoms with van der Waals surface area (Å²) in [7, 11) is -3.43. The minimum absolute atomic E-state index is 0.0400. The van der Waals surface area contributed by atoms with E-state index in [1.807, 2.05) is 39.0 Å². The second-order valence-electron chi connectivity index (χ2n) is 8.03. The number of aryl methyl sites for hydroxylation is 3. The third-order valence-electron chi connectivity index (χ3n) is 5.69. The van der Waals surface area contributed by atoms with Crippen LogP contribution in [0.2, 0.25) is 0 Å². The molecule has 0 aliphatic heterocycles. The fourth-order valence-electron chi connectivity index (χ4n) is 3.52. The second kappa shape index (κ2) is 10.1. The minimum Gasteiger partial charge on any atom is -0.349 e. The van der Waals surface area contributed by atoms with E-state index in [0.29, 0.717) is 12.1 Å². The molecule has 2 aromatic rings. The zero-order valence-electron chi connectivity index (χ0n) is 19.0. The Balaban J connectivity index is 2.03. The summed E-state index contributed by atoms with van der Waals surface area (Å²) >= 11 is 0. The van der Waals surface area contributed by atoms with E-state index in [4.69, 9.17) is 0 Å². The highest BCUT2D eigenvalue weighted by Crippen LogP contribution is 2.25. The van der Waals surface area contributed by atoms with Crippen molar-refractivity contribution in [2.24, 2.45) is 0 Å². The van der Waals surface area contributed by atoms with Crippen LogP contribution in [0.4, 0.5) is 5.69 Å². The van der Waals surface area contributed by atoms with Gasteiger partial charge in [-0.2, -0.15) is 0 Å². The molecule has 0 unspecified atom stereocenters. The second-order valence-corrected chi connectivity index (χ2v) is 9.94. The number of anilines is 1. The van der Waals surface area contributed by atoms with Gasteiger partial charge in [0.2, 0.25) is 15.9 Å². The van der Waals surface area contributed by atoms with E-state index in [-0.39, 0.29) is 24.9 Å². The van der Waals surface area contributed by atoms with Crippen LogP contribution in [-0.2, 0) is 14.8 Å². The van der Waals surface area contributed by atoms with Crippen LogP contribution in [0.3, 0.4) is 0 Å². The fraction of sp³-hybridized carbons (Fsp3) is 0.458. The zero-order chi connectivity index (χ0) is 22.5. The van der Waals surface area contributed by atoms with Gasteiger partial charge >= 0.3 is 0 Å². The van der Waals surface area contributed by atoms with Gasteiger partial charge in [0.05, 0.1) is 18.0 Å². The quantitative estimate of drug-likeness (QED) is 0.625. The van der Waals surface area contributed by atoms with Crippen LogP contribution < -0.4 is 9.62 Å². The predicted molar refractivity (Wildman–Crippen MR) is 124 cm³/mol. The van der Waals surface area contributed by atoms with Crippen LogP contribution in [0.25, 0.3) is 0 Å². The molecule has 0 aliphatic rings. The van der Waals surface area contributed by atoms with E-state index >= 15 is 0 Å². The van der Waals surface area contributed by atoms with Crippen LogP contribution in [0.1, 0.15) is 60.0 Å². The van der Waals surface area contributed by atoms with Gasteiger partial charge in [-0.1, -0.05) is 37.3 Å². The van der Waals surface area contributed by atoms with Crippen molar-refractivity contribution >= 4 is 21.6 Å². The average molecular weight is 431 g/mol. The van der Waals surface area contributed by atoms with E-state index in [9.17, 15) is 13.2 Å². The Bertz CT molecular complexity index is 1000. The summed E-state index contributed by atoms with van der Waals surface area (Å²) in [5.41, 5.74) is 6.19. The molecule has 0 saturated heterocycles. The SMILES string of the molecule is CC[C@H](NC(=O)CCCN(c1cccc(C)c1C)S(C)(=O)=O)c1ccc(C)c(C)c1. The van der Waals surface area contributed by atoms with Crippen molar-refractivity contribution in [3.05, 3.63) is 64.2 Å². The average Bonchev–Trinajstić information content (AvgIpc) is 2.67. The molecule has 1 atom stereocenters. The van der Waals surface area contributed by atoms with Gasteiger partial charge in [-0.15, -0.1) is 0 Å². The Kier molecular flexibility index (Phi) is 8.07. The molecular formula is C24H34N2O3S. The highest BCUT2D eigenvalue weighted by molar-refractivity contribution is 7.92. The number of hydrogen-bond donors (Lipinski definition) is 1. The molecule has 0 bridgehead atoms. The number of rotatable bonds is 9. The number of sulfonamides is 1. The van der Waals surface area contributed by atoms with Gasteiger partial charge in [0.1, 0.15) is 0 Å². The summed E-state index contributed by atoms with van der Waals surface area (Å²) in [5.74, 6) is -0.0607. The molecule has 5 nitrogen and oxygen atoms in total. The first-order chi connectivity index (χ1) is 14.0. The third kappa shape index (κ3) is 6.08. The molecule has 1 amide bonds. The highest BCUT2D eigenvalue weighted by Gasteiger charge is 2.20. The molecule has 0 saturated carbocycles. The van der Waals surface area contributed by atoms with Crippen molar-refractivity contribution in [2.75, 3.05) is 17.1 Å². The predicted octanol–water partition coefficient (Wildman–Crippen LogP) is 4.73. The molecule has 0 aliphatic carbocycles. The molecule has 0 aromatic heterocycles. The molecule has 0 fully saturated rings. The van der Waals surface area contributed by atoms with Gasteiger partial charge in [0, 0.05) is 13.0 Å². The maximum atomic E-state index is 12.5. The Morgan fingerprint density at radius 1 is 1.03 bits per heavy atom. The van der Waals surface area contributed by atoms with Crippen molar-refractivity contribution in [3.8, 4) is 0 Å². The highest BCUT2D eigenvalue weighted by atomic mass is 32.2. The van der Waals surface area contributed by atoms with Gasteiger partial charge in [-0.3, -0.25) is 9.10 Å². The largest absolute Gasteiger partial charge is 0.349 e. The zero-order valence-corrected chi connectivity index (χ0v) is 19.8. The lowest BCUT2D eigenvalue weighted by Gasteiger charge is -2.25. The van der Waals surface area contributed by atoms with E-state index < -0.39 is 10.0 Å². The van der Waals surface area contributed by atoms with Crippen molar-refractivity contribution in [2.45, 2.75) is 59.9 Å². The van der Waals surface area contributed by atoms with Crippen LogP contribution in [0.5, 0.6) is 0 Å². The van der Waals surface area contributed by atoms with Gasteiger partial charge in [0.15, 0.2) is 0 Å². The first-order valence-electron chi connectivity index (χ1n) is 10.4. The number of amides is 1. The van der Waals surface area contributed by atoms with Crippen molar-refractivity contribution in [3.63, 3.8) is 0 Å². The lowest BCUT2D eigenvalue weighted by atomic mass is 9.99. The maximum Gasteiger partial charge on any atom is 0.232 e. The molecule has 2 aromatic carbocycles. The van der Waals surface area contributed by atoms with Crippen molar-refractivity contribution < 1.29 is 13.2 Å². The van der Waals surface area contributed by atoms with Crippen LogP contribution in [-0.4, -0.2) is 27.1 Å². The first-order valence-corrected chi connectivity index (χ1v) is 12.3. The van der Waals surface area contributed by atoms with Gasteiger partial charge in [-0.05, 0) is 74.4 Å². The number of carbonyl (C=O) groups excluding carboxylic acids is 1. The topological polar surface area (TPSA) is 66.5 Å². The number of hydrogen-bond acceptors (Lipinski definition) is 3. The monoisotopic (exact) mass is 430 g/mol. The Morgan fingerprint density at radius 3 is 2.33 bits per heavy atom.